The summed E-state index contributed by atoms with van der Waals surface area (Å²) < 4.78 is 18.0. The lowest BCUT2D eigenvalue weighted by atomic mass is 10.1. The number of pyridine rings is 1. The number of aromatic nitrogens is 1. The summed E-state index contributed by atoms with van der Waals surface area (Å²) in [6.07, 6.45) is 0. The number of Topliss-reactive ketones (excluding diaryl/α,β-unsaturated/α-hetero) is 1. The lowest BCUT2D eigenvalue weighted by molar-refractivity contribution is 0.0985. The predicted molar refractivity (Wildman–Crippen MR) is 74.8 cm³/mol. The molecular weight excluding hydrogens is 304 g/mol. The normalized spacial score (nSPS) is 10.2. The van der Waals surface area contributed by atoms with Gasteiger partial charge in [-0.3, -0.25) is 4.79 Å². The lowest BCUT2D eigenvalue weighted by Crippen LogP contribution is -2.09. The van der Waals surface area contributed by atoms with Crippen molar-refractivity contribution in [2.45, 2.75) is 0 Å². The molecule has 0 atom stereocenters. The Labute approximate surface area is 124 Å². The van der Waals surface area contributed by atoms with Crippen LogP contribution in [0.25, 0.3) is 0 Å². The van der Waals surface area contributed by atoms with E-state index in [2.05, 4.69) is 11.6 Å². The Kier molecular flexibility index (Phi) is 4.37. The highest BCUT2D eigenvalue weighted by molar-refractivity contribution is 6.37. The number of ether oxygens (including phenoxy) is 1. The molecule has 0 aliphatic heterocycles. The van der Waals surface area contributed by atoms with Crippen LogP contribution >= 0.6 is 23.2 Å². The van der Waals surface area contributed by atoms with Gasteiger partial charge in [-0.1, -0.05) is 35.8 Å². The molecule has 0 saturated heterocycles. The fourth-order valence-corrected chi connectivity index (χ4v) is 1.94. The summed E-state index contributed by atoms with van der Waals surface area (Å²) in [5, 5.41) is 0.587. The second kappa shape index (κ2) is 6.03. The van der Waals surface area contributed by atoms with Crippen molar-refractivity contribution < 1.29 is 13.9 Å². The first-order valence-corrected chi connectivity index (χ1v) is 6.22. The summed E-state index contributed by atoms with van der Waals surface area (Å²) in [5.41, 5.74) is 0.192. The molecule has 3 nitrogen and oxygen atoms in total. The van der Waals surface area contributed by atoms with E-state index in [1.807, 2.05) is 0 Å². The molecule has 2 rings (SSSR count). The molecule has 0 unspecified atom stereocenters. The van der Waals surface area contributed by atoms with E-state index in [9.17, 15) is 9.18 Å². The second-order valence-electron chi connectivity index (χ2n) is 3.78. The first kappa shape index (κ1) is 14.5. The second-order valence-corrected chi connectivity index (χ2v) is 4.62. The number of carbonyl (C=O) groups is 1. The third kappa shape index (κ3) is 3.35. The topological polar surface area (TPSA) is 39.2 Å². The average molecular weight is 312 g/mol. The Bertz CT molecular complexity index is 689. The van der Waals surface area contributed by atoms with Gasteiger partial charge in [0, 0.05) is 16.7 Å². The van der Waals surface area contributed by atoms with Crippen LogP contribution < -0.4 is 4.74 Å². The maximum Gasteiger partial charge on any atom is 0.229 e. The van der Waals surface area contributed by atoms with E-state index in [1.165, 1.54) is 30.3 Å². The summed E-state index contributed by atoms with van der Waals surface area (Å²) in [4.78, 5) is 15.6. The van der Waals surface area contributed by atoms with Crippen molar-refractivity contribution in [1.82, 2.24) is 4.98 Å². The number of nitrogens with zero attached hydrogens (tertiary/aromatic N) is 1. The number of carbonyl (C=O) groups excluding carboxylic acids is 1. The predicted octanol–water partition coefficient (Wildman–Crippen LogP) is 4.30. The lowest BCUT2D eigenvalue weighted by Gasteiger charge is -2.08. The molecule has 0 bridgehead atoms. The fourth-order valence-electron chi connectivity index (χ4n) is 1.44. The van der Waals surface area contributed by atoms with E-state index < -0.39 is 11.7 Å². The molecule has 0 aliphatic rings. The zero-order chi connectivity index (χ0) is 14.7. The number of benzene rings is 1. The minimum absolute atomic E-state index is 0.0616. The van der Waals surface area contributed by atoms with Gasteiger partial charge in [-0.15, -0.1) is 0 Å². The van der Waals surface area contributed by atoms with Crippen LogP contribution in [0.15, 0.2) is 48.7 Å². The summed E-state index contributed by atoms with van der Waals surface area (Å²) >= 11 is 11.7. The smallest absolute Gasteiger partial charge is 0.229 e. The van der Waals surface area contributed by atoms with Crippen LogP contribution in [0.5, 0.6) is 5.88 Å². The molecule has 102 valence electrons. The molecular formula is C14H8Cl2FNO2. The van der Waals surface area contributed by atoms with Gasteiger partial charge in [0.15, 0.2) is 5.76 Å². The quantitative estimate of drug-likeness (QED) is 0.366. The van der Waals surface area contributed by atoms with Crippen molar-refractivity contribution in [3.05, 3.63) is 70.3 Å². The van der Waals surface area contributed by atoms with Gasteiger partial charge in [0.2, 0.25) is 17.6 Å². The standard InChI is InChI=1S/C14H8Cl2FNO2/c1-8(20-13-4-2-3-12(17)18-13)14(19)10-6-5-9(15)7-11(10)16/h2-7H,1H2. The van der Waals surface area contributed by atoms with Crippen molar-refractivity contribution in [2.24, 2.45) is 0 Å². The maximum atomic E-state index is 12.9. The van der Waals surface area contributed by atoms with Crippen LogP contribution in [0.1, 0.15) is 10.4 Å². The Hall–Kier alpha value is -1.91. The van der Waals surface area contributed by atoms with Gasteiger partial charge in [0.25, 0.3) is 0 Å². The minimum Gasteiger partial charge on any atom is -0.435 e. The van der Waals surface area contributed by atoms with Gasteiger partial charge in [0.05, 0.1) is 5.02 Å². The van der Waals surface area contributed by atoms with Gasteiger partial charge in [0.1, 0.15) is 0 Å². The van der Waals surface area contributed by atoms with Gasteiger partial charge in [-0.25, -0.2) is 0 Å². The summed E-state index contributed by atoms with van der Waals surface area (Å²) in [6, 6.07) is 8.39. The number of rotatable bonds is 4. The van der Waals surface area contributed by atoms with E-state index in [1.54, 1.807) is 0 Å². The molecule has 0 radical (unpaired) electrons. The summed E-state index contributed by atoms with van der Waals surface area (Å²) in [5.74, 6) is -1.52. The number of hydrogen-bond donors (Lipinski definition) is 0. The molecule has 0 aliphatic carbocycles. The molecule has 1 heterocycles. The largest absolute Gasteiger partial charge is 0.435 e. The van der Waals surface area contributed by atoms with Gasteiger partial charge >= 0.3 is 0 Å². The molecule has 6 heteroatoms. The Balaban J connectivity index is 2.19. The van der Waals surface area contributed by atoms with Crippen molar-refractivity contribution in [3.8, 4) is 5.88 Å². The van der Waals surface area contributed by atoms with Crippen LogP contribution in [-0.4, -0.2) is 10.8 Å². The molecule has 0 spiro atoms. The Morgan fingerprint density at radius 1 is 1.25 bits per heavy atom. The molecule has 1 aromatic heterocycles. The van der Waals surface area contributed by atoms with Crippen molar-refractivity contribution in [2.75, 3.05) is 0 Å². The summed E-state index contributed by atoms with van der Waals surface area (Å²) in [7, 11) is 0. The van der Waals surface area contributed by atoms with Crippen LogP contribution in [0.3, 0.4) is 0 Å². The minimum atomic E-state index is -0.715. The third-order valence-electron chi connectivity index (χ3n) is 2.35. The molecule has 0 amide bonds. The molecule has 2 aromatic rings. The zero-order valence-electron chi connectivity index (χ0n) is 10.1. The van der Waals surface area contributed by atoms with E-state index in [0.29, 0.717) is 5.02 Å². The summed E-state index contributed by atoms with van der Waals surface area (Å²) in [6.45, 7) is 3.49. The van der Waals surface area contributed by atoms with E-state index in [-0.39, 0.29) is 22.2 Å². The first-order chi connectivity index (χ1) is 9.47. The van der Waals surface area contributed by atoms with Gasteiger partial charge in [-0.2, -0.15) is 9.37 Å². The highest BCUT2D eigenvalue weighted by atomic mass is 35.5. The van der Waals surface area contributed by atoms with E-state index >= 15 is 0 Å². The highest BCUT2D eigenvalue weighted by Crippen LogP contribution is 2.23. The van der Waals surface area contributed by atoms with Crippen LogP contribution in [0.4, 0.5) is 4.39 Å². The highest BCUT2D eigenvalue weighted by Gasteiger charge is 2.16. The average Bonchev–Trinajstić information content (AvgIpc) is 2.38. The van der Waals surface area contributed by atoms with Crippen molar-refractivity contribution in [3.63, 3.8) is 0 Å². The Morgan fingerprint density at radius 3 is 2.65 bits per heavy atom. The number of halogens is 3. The van der Waals surface area contributed by atoms with Gasteiger partial charge in [-0.05, 0) is 24.3 Å². The fraction of sp³-hybridized carbons (Fsp3) is 0. The van der Waals surface area contributed by atoms with Crippen molar-refractivity contribution >= 4 is 29.0 Å². The number of ketones is 1. The maximum absolute atomic E-state index is 12.9. The number of hydrogen-bond acceptors (Lipinski definition) is 3. The Morgan fingerprint density at radius 2 is 2.00 bits per heavy atom. The first-order valence-electron chi connectivity index (χ1n) is 5.46. The molecule has 20 heavy (non-hydrogen) atoms. The molecule has 0 saturated carbocycles. The van der Waals surface area contributed by atoms with E-state index in [4.69, 9.17) is 27.9 Å². The van der Waals surface area contributed by atoms with Crippen LogP contribution in [-0.2, 0) is 0 Å². The monoisotopic (exact) mass is 311 g/mol. The molecule has 0 N–H and O–H groups in total. The zero-order valence-corrected chi connectivity index (χ0v) is 11.6. The van der Waals surface area contributed by atoms with Crippen molar-refractivity contribution in [1.29, 1.82) is 0 Å². The van der Waals surface area contributed by atoms with Crippen LogP contribution in [0, 0.1) is 5.95 Å². The molecule has 0 fully saturated rings. The van der Waals surface area contributed by atoms with E-state index in [0.717, 1.165) is 6.07 Å². The van der Waals surface area contributed by atoms with Crippen LogP contribution in [0.2, 0.25) is 10.0 Å². The third-order valence-corrected chi connectivity index (χ3v) is 2.89. The molecule has 1 aromatic carbocycles. The number of allylic oxidation sites excluding steroid dienone is 1. The van der Waals surface area contributed by atoms with Gasteiger partial charge < -0.3 is 4.74 Å². The SMILES string of the molecule is C=C(Oc1cccc(F)n1)C(=O)c1ccc(Cl)cc1Cl.